The molecule has 0 spiro atoms. The molecule has 0 radical (unpaired) electrons. The van der Waals surface area contributed by atoms with Crippen molar-refractivity contribution in [3.8, 4) is 0 Å². The Hall–Kier alpha value is -3.22. The lowest BCUT2D eigenvalue weighted by atomic mass is 9.95. The number of rotatable bonds is 9. The van der Waals surface area contributed by atoms with Crippen molar-refractivity contribution in [2.75, 3.05) is 0 Å². The molecule has 0 aliphatic heterocycles. The minimum atomic E-state index is -1.86. The molecule has 0 heterocycles. The van der Waals surface area contributed by atoms with Crippen LogP contribution in [0.4, 0.5) is 0 Å². The molecule has 0 bridgehead atoms. The van der Waals surface area contributed by atoms with Crippen LogP contribution in [0.1, 0.15) is 30.9 Å². The Morgan fingerprint density at radius 3 is 1.89 bits per heavy atom. The van der Waals surface area contributed by atoms with Gasteiger partial charge in [0, 0.05) is 37.8 Å². The Balaban J connectivity index is 1.87. The van der Waals surface area contributed by atoms with Crippen LogP contribution in [-0.2, 0) is 22.7 Å². The number of hydrogen-bond donors (Lipinski definition) is 2. The molecule has 2 aromatic rings. The fourth-order valence-electron chi connectivity index (χ4n) is 2.50. The first kappa shape index (κ1) is 20.1. The molecule has 1 atom stereocenters. The summed E-state index contributed by atoms with van der Waals surface area (Å²) in [6.07, 6.45) is -0.287. The Morgan fingerprint density at radius 2 is 1.41 bits per heavy atom. The molecule has 142 valence electrons. The highest BCUT2D eigenvalue weighted by Crippen LogP contribution is 2.18. The van der Waals surface area contributed by atoms with E-state index >= 15 is 0 Å². The number of amides is 2. The van der Waals surface area contributed by atoms with Gasteiger partial charge in [-0.3, -0.25) is 19.7 Å². The van der Waals surface area contributed by atoms with Crippen molar-refractivity contribution in [3.63, 3.8) is 0 Å². The third kappa shape index (κ3) is 5.91. The number of nitrogens with zero attached hydrogens (tertiary/aromatic N) is 1. The summed E-state index contributed by atoms with van der Waals surface area (Å²) < 4.78 is 0. The van der Waals surface area contributed by atoms with Crippen LogP contribution in [0.5, 0.6) is 0 Å². The van der Waals surface area contributed by atoms with Gasteiger partial charge in [-0.05, 0) is 11.1 Å². The molecular formula is C20H23N3O4. The Labute approximate surface area is 157 Å². The van der Waals surface area contributed by atoms with E-state index in [9.17, 15) is 19.7 Å². The van der Waals surface area contributed by atoms with Crippen molar-refractivity contribution < 1.29 is 14.5 Å². The quantitative estimate of drug-likeness (QED) is 0.523. The number of carbonyl (C=O) groups is 2. The van der Waals surface area contributed by atoms with Gasteiger partial charge in [-0.2, -0.15) is 0 Å². The molecule has 0 aliphatic carbocycles. The first-order valence-electron chi connectivity index (χ1n) is 8.69. The van der Waals surface area contributed by atoms with Crippen LogP contribution in [0.3, 0.4) is 0 Å². The number of benzene rings is 2. The largest absolute Gasteiger partial charge is 0.352 e. The molecule has 0 aliphatic rings. The molecule has 2 amide bonds. The first-order chi connectivity index (χ1) is 12.9. The van der Waals surface area contributed by atoms with Crippen LogP contribution in [0, 0.1) is 10.1 Å². The molecule has 27 heavy (non-hydrogen) atoms. The monoisotopic (exact) mass is 369 g/mol. The van der Waals surface area contributed by atoms with E-state index in [4.69, 9.17) is 0 Å². The zero-order valence-electron chi connectivity index (χ0n) is 15.2. The summed E-state index contributed by atoms with van der Waals surface area (Å²) in [5.41, 5.74) is -0.0839. The molecule has 0 saturated heterocycles. The molecule has 7 heteroatoms. The molecule has 0 unspecified atom stereocenters. The van der Waals surface area contributed by atoms with Gasteiger partial charge in [0.25, 0.3) is 11.4 Å². The number of nitro groups is 1. The maximum absolute atomic E-state index is 12.4. The highest BCUT2D eigenvalue weighted by atomic mass is 16.6. The molecule has 2 rings (SSSR count). The second-order valence-corrected chi connectivity index (χ2v) is 6.46. The van der Waals surface area contributed by atoms with Gasteiger partial charge in [-0.15, -0.1) is 0 Å². The normalized spacial score (nSPS) is 12.6. The average molecular weight is 369 g/mol. The molecule has 2 N–H and O–H groups in total. The van der Waals surface area contributed by atoms with Gasteiger partial charge in [-0.25, -0.2) is 0 Å². The van der Waals surface area contributed by atoms with E-state index < -0.39 is 16.4 Å². The summed E-state index contributed by atoms with van der Waals surface area (Å²) in [6, 6.07) is 18.5. The molecule has 0 saturated carbocycles. The molecular weight excluding hydrogens is 346 g/mol. The first-order valence-corrected chi connectivity index (χ1v) is 8.69. The van der Waals surface area contributed by atoms with Crippen molar-refractivity contribution in [3.05, 3.63) is 81.9 Å². The van der Waals surface area contributed by atoms with E-state index in [0.717, 1.165) is 11.1 Å². The van der Waals surface area contributed by atoms with Crippen LogP contribution in [0.25, 0.3) is 0 Å². The van der Waals surface area contributed by atoms with Crippen molar-refractivity contribution in [2.24, 2.45) is 0 Å². The lowest BCUT2D eigenvalue weighted by Crippen LogP contribution is -2.50. The SMILES string of the molecule is C[C@@](CCC(=O)NCc1ccccc1)(C(=O)NCc1ccccc1)[N+](=O)[O-]. The summed E-state index contributed by atoms with van der Waals surface area (Å²) in [7, 11) is 0. The average Bonchev–Trinajstić information content (AvgIpc) is 2.70. The zero-order valence-corrected chi connectivity index (χ0v) is 15.2. The van der Waals surface area contributed by atoms with Gasteiger partial charge in [0.1, 0.15) is 0 Å². The van der Waals surface area contributed by atoms with E-state index in [1.807, 2.05) is 60.7 Å². The van der Waals surface area contributed by atoms with Crippen molar-refractivity contribution in [1.82, 2.24) is 10.6 Å². The van der Waals surface area contributed by atoms with Crippen LogP contribution in [0.15, 0.2) is 60.7 Å². The molecule has 7 nitrogen and oxygen atoms in total. The summed E-state index contributed by atoms with van der Waals surface area (Å²) in [5.74, 6) is -1.03. The second kappa shape index (κ2) is 9.47. The molecule has 0 fully saturated rings. The van der Waals surface area contributed by atoms with Gasteiger partial charge in [0.15, 0.2) is 0 Å². The maximum atomic E-state index is 12.4. The van der Waals surface area contributed by atoms with Gasteiger partial charge in [-0.1, -0.05) is 60.7 Å². The lowest BCUT2D eigenvalue weighted by Gasteiger charge is -2.20. The van der Waals surface area contributed by atoms with Crippen molar-refractivity contribution in [2.45, 2.75) is 38.4 Å². The summed E-state index contributed by atoms with van der Waals surface area (Å²) in [5, 5.41) is 16.8. The standard InChI is InChI=1S/C20H23N3O4/c1-20(23(26)27,19(25)22-15-17-10-6-3-7-11-17)13-12-18(24)21-14-16-8-4-2-5-9-16/h2-11H,12-15H2,1H3,(H,21,24)(H,22,25)/t20-/m1/s1. The van der Waals surface area contributed by atoms with Gasteiger partial charge < -0.3 is 10.6 Å². The molecule has 2 aromatic carbocycles. The highest BCUT2D eigenvalue weighted by molar-refractivity contribution is 5.85. The van der Waals surface area contributed by atoms with E-state index in [-0.39, 0.29) is 25.3 Å². The van der Waals surface area contributed by atoms with E-state index in [1.165, 1.54) is 6.92 Å². The Morgan fingerprint density at radius 1 is 0.926 bits per heavy atom. The molecule has 0 aromatic heterocycles. The fourth-order valence-corrected chi connectivity index (χ4v) is 2.50. The minimum absolute atomic E-state index is 0.108. The third-order valence-electron chi connectivity index (χ3n) is 4.36. The maximum Gasteiger partial charge on any atom is 0.297 e. The van der Waals surface area contributed by atoms with Crippen molar-refractivity contribution >= 4 is 11.8 Å². The van der Waals surface area contributed by atoms with Crippen LogP contribution < -0.4 is 10.6 Å². The number of hydrogen-bond acceptors (Lipinski definition) is 4. The third-order valence-corrected chi connectivity index (χ3v) is 4.36. The summed E-state index contributed by atoms with van der Waals surface area (Å²) in [6.45, 7) is 1.79. The van der Waals surface area contributed by atoms with Crippen molar-refractivity contribution in [1.29, 1.82) is 0 Å². The Bertz CT molecular complexity index is 780. The predicted octanol–water partition coefficient (Wildman–Crippen LogP) is 2.43. The van der Waals surface area contributed by atoms with Crippen LogP contribution >= 0.6 is 0 Å². The zero-order chi connectivity index (χ0) is 19.7. The predicted molar refractivity (Wildman–Crippen MR) is 101 cm³/mol. The Kier molecular flexibility index (Phi) is 7.05. The summed E-state index contributed by atoms with van der Waals surface area (Å²) >= 11 is 0. The van der Waals surface area contributed by atoms with E-state index in [2.05, 4.69) is 10.6 Å². The smallest absolute Gasteiger partial charge is 0.297 e. The summed E-state index contributed by atoms with van der Waals surface area (Å²) in [4.78, 5) is 35.3. The topological polar surface area (TPSA) is 101 Å². The van der Waals surface area contributed by atoms with Crippen LogP contribution in [0.2, 0.25) is 0 Å². The number of carbonyl (C=O) groups excluding carboxylic acids is 2. The fraction of sp³-hybridized carbons (Fsp3) is 0.300. The highest BCUT2D eigenvalue weighted by Gasteiger charge is 2.45. The van der Waals surface area contributed by atoms with Gasteiger partial charge in [0.2, 0.25) is 5.91 Å². The number of nitrogens with one attached hydrogen (secondary N) is 2. The van der Waals surface area contributed by atoms with Crippen LogP contribution in [-0.4, -0.2) is 22.3 Å². The van der Waals surface area contributed by atoms with E-state index in [0.29, 0.717) is 6.54 Å². The lowest BCUT2D eigenvalue weighted by molar-refractivity contribution is -0.548. The van der Waals surface area contributed by atoms with Gasteiger partial charge >= 0.3 is 0 Å². The van der Waals surface area contributed by atoms with Gasteiger partial charge in [0.05, 0.1) is 0 Å². The minimum Gasteiger partial charge on any atom is -0.352 e. The second-order valence-electron chi connectivity index (χ2n) is 6.46. The van der Waals surface area contributed by atoms with E-state index in [1.54, 1.807) is 0 Å².